The van der Waals surface area contributed by atoms with Gasteiger partial charge in [0.2, 0.25) is 0 Å². The Morgan fingerprint density at radius 1 is 0.366 bits per heavy atom. The molecule has 0 aromatic carbocycles. The number of quaternary nitrogens is 1. The van der Waals surface area contributed by atoms with Gasteiger partial charge in [-0.2, -0.15) is 0 Å². The molecule has 0 radical (unpaired) electrons. The van der Waals surface area contributed by atoms with E-state index in [9.17, 15) is 19.5 Å². The molecule has 0 aliphatic heterocycles. The summed E-state index contributed by atoms with van der Waals surface area (Å²) in [6.07, 6.45) is 77.1. The van der Waals surface area contributed by atoms with Crippen molar-refractivity contribution in [3.63, 3.8) is 0 Å². The number of carboxylic acids is 1. The van der Waals surface area contributed by atoms with Crippen molar-refractivity contribution in [2.75, 3.05) is 47.5 Å². The van der Waals surface area contributed by atoms with Gasteiger partial charge < -0.3 is 33.3 Å². The second kappa shape index (κ2) is 64.8. The molecule has 2 unspecified atom stereocenters. The molecule has 9 heteroatoms. The van der Waals surface area contributed by atoms with Gasteiger partial charge in [0.05, 0.1) is 40.3 Å². The highest BCUT2D eigenvalue weighted by Gasteiger charge is 2.22. The standard InChI is InChI=1S/C73H139NO8/c1-6-8-10-12-14-16-18-20-22-24-26-28-29-30-31-32-33-34-35-36-37-38-39-40-41-42-43-44-46-48-50-52-54-56-58-60-62-64-71(76)82-69(68-81-73(72(77)78)79-66-65-74(3,4)5)67-80-70(75)63-61-59-57-55-53-51-49-47-45-27-25-23-21-19-17-15-13-11-9-7-2/h18,20,24,26,69,73H,6-17,19,21-23,25,27-68H2,1-5H3/b20-18-,26-24-. The number of carboxylic acid groups (broad SMARTS) is 1. The molecule has 82 heavy (non-hydrogen) atoms. The highest BCUT2D eigenvalue weighted by atomic mass is 16.7. The predicted octanol–water partition coefficient (Wildman–Crippen LogP) is 20.9. The Bertz CT molecular complexity index is 1390. The fraction of sp³-hybridized carbons (Fsp3) is 0.904. The molecule has 0 saturated heterocycles. The van der Waals surface area contributed by atoms with Crippen LogP contribution in [0.1, 0.15) is 367 Å². The van der Waals surface area contributed by atoms with E-state index in [-0.39, 0.29) is 32.2 Å². The first-order chi connectivity index (χ1) is 40.1. The van der Waals surface area contributed by atoms with Gasteiger partial charge in [0, 0.05) is 12.8 Å². The van der Waals surface area contributed by atoms with Crippen molar-refractivity contribution < 1.29 is 42.9 Å². The molecule has 0 bridgehead atoms. The summed E-state index contributed by atoms with van der Waals surface area (Å²) in [4.78, 5) is 37.5. The molecule has 0 heterocycles. The van der Waals surface area contributed by atoms with E-state index in [1.807, 2.05) is 21.1 Å². The lowest BCUT2D eigenvalue weighted by molar-refractivity contribution is -0.870. The molecule has 0 fully saturated rings. The molecule has 0 rings (SSSR count). The van der Waals surface area contributed by atoms with Gasteiger partial charge in [-0.15, -0.1) is 0 Å². The molecular weight excluding hydrogens is 1020 g/mol. The van der Waals surface area contributed by atoms with Crippen molar-refractivity contribution in [1.82, 2.24) is 0 Å². The molecule has 0 N–H and O–H groups in total. The number of allylic oxidation sites excluding steroid dienone is 4. The third kappa shape index (κ3) is 65.3. The molecular formula is C73H139NO8. The van der Waals surface area contributed by atoms with Crippen molar-refractivity contribution in [3.05, 3.63) is 24.3 Å². The van der Waals surface area contributed by atoms with Crippen molar-refractivity contribution in [2.24, 2.45) is 0 Å². The lowest BCUT2D eigenvalue weighted by Gasteiger charge is -2.26. The van der Waals surface area contributed by atoms with Gasteiger partial charge in [-0.3, -0.25) is 9.59 Å². The minimum absolute atomic E-state index is 0.152. The lowest BCUT2D eigenvalue weighted by Crippen LogP contribution is -2.44. The van der Waals surface area contributed by atoms with Crippen LogP contribution in [0.2, 0.25) is 0 Å². The molecule has 0 saturated carbocycles. The van der Waals surface area contributed by atoms with Gasteiger partial charge in [-0.05, 0) is 44.9 Å². The van der Waals surface area contributed by atoms with Crippen LogP contribution < -0.4 is 5.11 Å². The molecule has 9 nitrogen and oxygen atoms in total. The van der Waals surface area contributed by atoms with Gasteiger partial charge in [0.1, 0.15) is 13.2 Å². The Morgan fingerprint density at radius 2 is 0.659 bits per heavy atom. The van der Waals surface area contributed by atoms with Crippen LogP contribution in [0.15, 0.2) is 24.3 Å². The summed E-state index contributed by atoms with van der Waals surface area (Å²) in [5.41, 5.74) is 0. The first-order valence-electron chi connectivity index (χ1n) is 36.0. The summed E-state index contributed by atoms with van der Waals surface area (Å²) in [5.74, 6) is -2.25. The van der Waals surface area contributed by atoms with Crippen LogP contribution in [-0.4, -0.2) is 82.3 Å². The molecule has 0 spiro atoms. The molecule has 2 atom stereocenters. The van der Waals surface area contributed by atoms with Crippen LogP contribution in [-0.2, 0) is 33.3 Å². The highest BCUT2D eigenvalue weighted by molar-refractivity contribution is 5.70. The topological polar surface area (TPSA) is 111 Å². The number of likely N-dealkylation sites (N-methyl/N-ethyl adjacent to an activating group) is 1. The second-order valence-corrected chi connectivity index (χ2v) is 25.9. The number of rotatable bonds is 68. The maximum absolute atomic E-state index is 12.9. The third-order valence-electron chi connectivity index (χ3n) is 16.5. The number of ether oxygens (including phenoxy) is 4. The summed E-state index contributed by atoms with van der Waals surface area (Å²) in [7, 11) is 5.95. The summed E-state index contributed by atoms with van der Waals surface area (Å²) >= 11 is 0. The number of esters is 2. The maximum Gasteiger partial charge on any atom is 0.306 e. The van der Waals surface area contributed by atoms with Crippen LogP contribution in [0.25, 0.3) is 0 Å². The minimum atomic E-state index is -1.62. The number of aliphatic carboxylic acids is 1. The Kier molecular flexibility index (Phi) is 63.0. The van der Waals surface area contributed by atoms with E-state index >= 15 is 0 Å². The molecule has 0 amide bonds. The Balaban J connectivity index is 3.97. The zero-order chi connectivity index (χ0) is 59.8. The Morgan fingerprint density at radius 3 is 0.963 bits per heavy atom. The van der Waals surface area contributed by atoms with E-state index in [0.717, 1.165) is 44.9 Å². The molecule has 0 aliphatic carbocycles. The van der Waals surface area contributed by atoms with Gasteiger partial charge in [0.15, 0.2) is 12.4 Å². The molecule has 0 aromatic rings. The number of unbranched alkanes of at least 4 members (excludes halogenated alkanes) is 49. The largest absolute Gasteiger partial charge is 0.545 e. The molecule has 0 aromatic heterocycles. The van der Waals surface area contributed by atoms with E-state index in [1.54, 1.807) is 0 Å². The van der Waals surface area contributed by atoms with Crippen molar-refractivity contribution in [2.45, 2.75) is 379 Å². The van der Waals surface area contributed by atoms with Gasteiger partial charge >= 0.3 is 11.9 Å². The number of hydrogen-bond acceptors (Lipinski definition) is 8. The SMILES string of the molecule is CCCCCCC/C=C\C/C=C\CCCCCCCCCCCCCCCCCCCCCCCCCCCC(=O)OC(COC(=O)CCCCCCCCCCCCCCCCCCCCCC)COC(OCC[N+](C)(C)C)C(=O)[O-]. The second-order valence-electron chi connectivity index (χ2n) is 25.9. The number of nitrogens with zero attached hydrogens (tertiary/aromatic N) is 1. The summed E-state index contributed by atoms with van der Waals surface area (Å²) < 4.78 is 22.8. The van der Waals surface area contributed by atoms with Crippen LogP contribution in [0, 0.1) is 0 Å². The molecule has 484 valence electrons. The van der Waals surface area contributed by atoms with Crippen LogP contribution in [0.5, 0.6) is 0 Å². The van der Waals surface area contributed by atoms with Crippen molar-refractivity contribution in [3.8, 4) is 0 Å². The average Bonchev–Trinajstić information content (AvgIpc) is 3.47. The van der Waals surface area contributed by atoms with Crippen LogP contribution in [0.4, 0.5) is 0 Å². The van der Waals surface area contributed by atoms with E-state index in [0.29, 0.717) is 17.4 Å². The van der Waals surface area contributed by atoms with Crippen molar-refractivity contribution in [1.29, 1.82) is 0 Å². The predicted molar refractivity (Wildman–Crippen MR) is 348 cm³/mol. The van der Waals surface area contributed by atoms with Gasteiger partial charge in [-0.1, -0.05) is 334 Å². The summed E-state index contributed by atoms with van der Waals surface area (Å²) in [6, 6.07) is 0. The normalized spacial score (nSPS) is 12.7. The number of hydrogen-bond donors (Lipinski definition) is 0. The highest BCUT2D eigenvalue weighted by Crippen LogP contribution is 2.19. The fourth-order valence-corrected chi connectivity index (χ4v) is 10.9. The fourth-order valence-electron chi connectivity index (χ4n) is 10.9. The van der Waals surface area contributed by atoms with E-state index in [1.165, 1.54) is 295 Å². The zero-order valence-corrected chi connectivity index (χ0v) is 55.4. The Hall–Kier alpha value is -2.23. The number of carbonyl (C=O) groups excluding carboxylic acids is 3. The first kappa shape index (κ1) is 79.8. The van der Waals surface area contributed by atoms with Gasteiger partial charge in [0.25, 0.3) is 0 Å². The average molecular weight is 1160 g/mol. The third-order valence-corrected chi connectivity index (χ3v) is 16.5. The van der Waals surface area contributed by atoms with E-state index in [2.05, 4.69) is 38.2 Å². The maximum atomic E-state index is 12.9. The number of carbonyl (C=O) groups is 3. The first-order valence-corrected chi connectivity index (χ1v) is 36.0. The molecule has 0 aliphatic rings. The quantitative estimate of drug-likeness (QED) is 0.0195. The smallest absolute Gasteiger partial charge is 0.306 e. The summed E-state index contributed by atoms with van der Waals surface area (Å²) in [5, 5.41) is 11.8. The van der Waals surface area contributed by atoms with Gasteiger partial charge in [-0.25, -0.2) is 0 Å². The van der Waals surface area contributed by atoms with Crippen LogP contribution >= 0.6 is 0 Å². The lowest BCUT2D eigenvalue weighted by atomic mass is 10.0. The minimum Gasteiger partial charge on any atom is -0.545 e. The monoisotopic (exact) mass is 1160 g/mol. The van der Waals surface area contributed by atoms with E-state index < -0.39 is 24.3 Å². The summed E-state index contributed by atoms with van der Waals surface area (Å²) in [6.45, 7) is 4.81. The van der Waals surface area contributed by atoms with Crippen LogP contribution in [0.3, 0.4) is 0 Å². The zero-order valence-electron chi connectivity index (χ0n) is 55.4. The van der Waals surface area contributed by atoms with E-state index in [4.69, 9.17) is 18.9 Å². The van der Waals surface area contributed by atoms with Crippen molar-refractivity contribution >= 4 is 17.9 Å². The Labute approximate surface area is 509 Å².